The van der Waals surface area contributed by atoms with Gasteiger partial charge in [-0.25, -0.2) is 0 Å². The average Bonchev–Trinajstić information content (AvgIpc) is 3.48. The SMILES string of the molecule is CCCCC/C=C\C/C=C\CCCCCCCCCCCC(=O)NC(COC1OC(CO)C(OC2OC(CO)C(O)C(O)C2O)C(O)C1O)C(O)/C=C/CC/C=C/CC/C=C/CCCCCCCCCCCCCCCCC. The molecule has 0 aromatic heterocycles. The normalized spacial score (nSPS) is 24.9. The van der Waals surface area contributed by atoms with Crippen LogP contribution in [0, 0.1) is 0 Å². The average molecular weight is 1110 g/mol. The third kappa shape index (κ3) is 34.2. The number of carbonyl (C=O) groups is 1. The summed E-state index contributed by atoms with van der Waals surface area (Å²) in [6, 6.07) is -0.943. The lowest BCUT2D eigenvalue weighted by atomic mass is 9.97. The van der Waals surface area contributed by atoms with Gasteiger partial charge in [-0.2, -0.15) is 0 Å². The molecule has 2 aliphatic rings. The monoisotopic (exact) mass is 1110 g/mol. The highest BCUT2D eigenvalue weighted by molar-refractivity contribution is 5.76. The molecule has 78 heavy (non-hydrogen) atoms. The van der Waals surface area contributed by atoms with Gasteiger partial charge in [0.2, 0.25) is 5.91 Å². The number of hydrogen-bond acceptors (Lipinski definition) is 13. The molecule has 2 heterocycles. The molecule has 0 aliphatic carbocycles. The van der Waals surface area contributed by atoms with E-state index in [1.165, 1.54) is 154 Å². The fourth-order valence-corrected chi connectivity index (χ4v) is 10.1. The molecule has 14 heteroatoms. The number of ether oxygens (including phenoxy) is 4. The van der Waals surface area contributed by atoms with E-state index in [0.29, 0.717) is 12.8 Å². The lowest BCUT2D eigenvalue weighted by Gasteiger charge is -2.46. The maximum Gasteiger partial charge on any atom is 0.220 e. The van der Waals surface area contributed by atoms with Crippen molar-refractivity contribution in [3.63, 3.8) is 0 Å². The highest BCUT2D eigenvalue weighted by Crippen LogP contribution is 2.30. The molecule has 14 nitrogen and oxygen atoms in total. The van der Waals surface area contributed by atoms with Crippen LogP contribution in [0.5, 0.6) is 0 Å². The molecule has 0 bridgehead atoms. The summed E-state index contributed by atoms with van der Waals surface area (Å²) in [5.74, 6) is -0.258. The number of unbranched alkanes of at least 4 members (excludes halogenated alkanes) is 29. The minimum atomic E-state index is -1.79. The highest BCUT2D eigenvalue weighted by Gasteiger charge is 2.51. The molecule has 2 aliphatic heterocycles. The summed E-state index contributed by atoms with van der Waals surface area (Å²) in [6.45, 7) is 2.76. The van der Waals surface area contributed by atoms with E-state index in [1.54, 1.807) is 6.08 Å². The van der Waals surface area contributed by atoms with Crippen LogP contribution in [0.2, 0.25) is 0 Å². The van der Waals surface area contributed by atoms with Crippen LogP contribution in [-0.4, -0.2) is 140 Å². The van der Waals surface area contributed by atoms with Crippen molar-refractivity contribution in [2.75, 3.05) is 19.8 Å². The van der Waals surface area contributed by atoms with Crippen LogP contribution >= 0.6 is 0 Å². The van der Waals surface area contributed by atoms with Gasteiger partial charge >= 0.3 is 0 Å². The molecular weight excluding hydrogens is 991 g/mol. The Labute approximate surface area is 473 Å². The van der Waals surface area contributed by atoms with Crippen LogP contribution < -0.4 is 5.32 Å². The van der Waals surface area contributed by atoms with Gasteiger partial charge in [0.25, 0.3) is 0 Å². The molecule has 2 fully saturated rings. The summed E-state index contributed by atoms with van der Waals surface area (Å²) in [5, 5.41) is 87.2. The van der Waals surface area contributed by atoms with Gasteiger partial charge in [-0.3, -0.25) is 4.79 Å². The first-order chi connectivity index (χ1) is 38.1. The van der Waals surface area contributed by atoms with E-state index < -0.39 is 86.8 Å². The molecule has 0 aromatic carbocycles. The van der Waals surface area contributed by atoms with Gasteiger partial charge in [-0.05, 0) is 77.0 Å². The van der Waals surface area contributed by atoms with Crippen molar-refractivity contribution in [2.45, 2.75) is 319 Å². The second kappa shape index (κ2) is 49.3. The zero-order valence-electron chi connectivity index (χ0n) is 48.9. The summed E-state index contributed by atoms with van der Waals surface area (Å²) >= 11 is 0. The predicted octanol–water partition coefficient (Wildman–Crippen LogP) is 11.3. The number of aliphatic hydroxyl groups is 8. The number of amides is 1. The number of carbonyl (C=O) groups excluding carboxylic acids is 1. The van der Waals surface area contributed by atoms with E-state index in [9.17, 15) is 45.6 Å². The van der Waals surface area contributed by atoms with Crippen molar-refractivity contribution < 1.29 is 64.6 Å². The van der Waals surface area contributed by atoms with E-state index in [0.717, 1.165) is 57.8 Å². The van der Waals surface area contributed by atoms with E-state index in [-0.39, 0.29) is 18.9 Å². The quantitative estimate of drug-likeness (QED) is 0.0204. The standard InChI is InChI=1S/C64H115NO13/c1-3-5-7-9-11-13-15-17-19-21-23-24-25-26-27-28-30-31-33-35-37-39-41-43-45-47-53(68)52(65-56(69)48-46-44-42-40-38-36-34-32-29-22-20-18-16-14-12-10-8-6-4-2)51-75-63-61(74)59(72)62(55(50-67)77-63)78-64-60(73)58(71)57(70)54(49-66)76-64/h12,14,18,20,30-31,37,39,45,47,52-55,57-64,66-68,70-74H,3-11,13,15-17,19,21-29,32-36,38,40-44,46,48-51H2,1-2H3,(H,65,69)/b14-12-,20-18-,31-30+,39-37+,47-45+. The molecule has 0 spiro atoms. The first-order valence-corrected chi connectivity index (χ1v) is 31.5. The summed E-state index contributed by atoms with van der Waals surface area (Å²) in [7, 11) is 0. The molecule has 0 saturated carbocycles. The van der Waals surface area contributed by atoms with Crippen molar-refractivity contribution in [3.8, 4) is 0 Å². The lowest BCUT2D eigenvalue weighted by Crippen LogP contribution is -2.65. The van der Waals surface area contributed by atoms with E-state index in [4.69, 9.17) is 18.9 Å². The Hall–Kier alpha value is -2.31. The van der Waals surface area contributed by atoms with Gasteiger partial charge in [-0.15, -0.1) is 0 Å². The number of rotatable bonds is 50. The van der Waals surface area contributed by atoms with Crippen molar-refractivity contribution in [1.29, 1.82) is 0 Å². The zero-order chi connectivity index (χ0) is 56.7. The Balaban J connectivity index is 1.77. The number of aliphatic hydroxyl groups excluding tert-OH is 8. The lowest BCUT2D eigenvalue weighted by molar-refractivity contribution is -0.359. The smallest absolute Gasteiger partial charge is 0.220 e. The zero-order valence-corrected chi connectivity index (χ0v) is 48.9. The number of hydrogen-bond donors (Lipinski definition) is 9. The van der Waals surface area contributed by atoms with Gasteiger partial charge in [0.05, 0.1) is 32.0 Å². The van der Waals surface area contributed by atoms with Gasteiger partial charge in [-0.1, -0.05) is 222 Å². The second-order valence-electron chi connectivity index (χ2n) is 22.2. The van der Waals surface area contributed by atoms with Crippen molar-refractivity contribution in [3.05, 3.63) is 60.8 Å². The fourth-order valence-electron chi connectivity index (χ4n) is 10.1. The third-order valence-electron chi connectivity index (χ3n) is 15.2. The first kappa shape index (κ1) is 71.8. The van der Waals surface area contributed by atoms with Crippen LogP contribution in [0.1, 0.15) is 245 Å². The molecule has 454 valence electrons. The minimum absolute atomic E-state index is 0.258. The topological polar surface area (TPSA) is 228 Å². The van der Waals surface area contributed by atoms with Gasteiger partial charge in [0.1, 0.15) is 48.8 Å². The largest absolute Gasteiger partial charge is 0.394 e. The molecule has 0 radical (unpaired) electrons. The Morgan fingerprint density at radius 1 is 0.462 bits per heavy atom. The van der Waals surface area contributed by atoms with Crippen molar-refractivity contribution in [1.82, 2.24) is 5.32 Å². The summed E-state index contributed by atoms with van der Waals surface area (Å²) in [5.41, 5.74) is 0. The molecule has 1 amide bonds. The molecule has 2 saturated heterocycles. The second-order valence-corrected chi connectivity index (χ2v) is 22.2. The van der Waals surface area contributed by atoms with Gasteiger partial charge in [0, 0.05) is 6.42 Å². The maximum absolute atomic E-state index is 13.3. The van der Waals surface area contributed by atoms with Crippen LogP contribution in [0.15, 0.2) is 60.8 Å². The van der Waals surface area contributed by atoms with Crippen LogP contribution in [0.4, 0.5) is 0 Å². The van der Waals surface area contributed by atoms with Gasteiger partial charge in [0.15, 0.2) is 12.6 Å². The minimum Gasteiger partial charge on any atom is -0.394 e. The fraction of sp³-hybridized carbons (Fsp3) is 0.828. The Morgan fingerprint density at radius 2 is 0.859 bits per heavy atom. The van der Waals surface area contributed by atoms with Crippen LogP contribution in [0.3, 0.4) is 0 Å². The number of nitrogens with one attached hydrogen (secondary N) is 1. The molecule has 0 aromatic rings. The Morgan fingerprint density at radius 3 is 1.36 bits per heavy atom. The third-order valence-corrected chi connectivity index (χ3v) is 15.2. The Bertz CT molecular complexity index is 1540. The summed E-state index contributed by atoms with van der Waals surface area (Å²) < 4.78 is 22.8. The Kier molecular flexibility index (Phi) is 45.4. The van der Waals surface area contributed by atoms with Crippen molar-refractivity contribution >= 4 is 5.91 Å². The van der Waals surface area contributed by atoms with Crippen LogP contribution in [-0.2, 0) is 23.7 Å². The molecule has 9 N–H and O–H groups in total. The van der Waals surface area contributed by atoms with E-state index in [2.05, 4.69) is 67.8 Å². The molecule has 12 unspecified atom stereocenters. The first-order valence-electron chi connectivity index (χ1n) is 31.5. The number of allylic oxidation sites excluding steroid dienone is 9. The molecule has 2 rings (SSSR count). The molecule has 12 atom stereocenters. The highest BCUT2D eigenvalue weighted by atomic mass is 16.7. The summed E-state index contributed by atoms with van der Waals surface area (Å²) in [6.07, 6.45) is 46.9. The van der Waals surface area contributed by atoms with E-state index >= 15 is 0 Å². The predicted molar refractivity (Wildman–Crippen MR) is 314 cm³/mol. The maximum atomic E-state index is 13.3. The molecular formula is C64H115NO13. The van der Waals surface area contributed by atoms with Gasteiger partial charge < -0.3 is 65.1 Å². The summed E-state index contributed by atoms with van der Waals surface area (Å²) in [4.78, 5) is 13.3. The van der Waals surface area contributed by atoms with E-state index in [1.807, 2.05) is 6.08 Å². The van der Waals surface area contributed by atoms with Crippen LogP contribution in [0.25, 0.3) is 0 Å². The van der Waals surface area contributed by atoms with Crippen molar-refractivity contribution in [2.24, 2.45) is 0 Å².